The largest absolute Gasteiger partial charge is 0.396 e. The number of hydrogen-bond donors (Lipinski definition) is 3. The summed E-state index contributed by atoms with van der Waals surface area (Å²) in [7, 11) is 0. The van der Waals surface area contributed by atoms with Crippen LogP contribution in [0.2, 0.25) is 0 Å². The molecule has 0 aliphatic heterocycles. The van der Waals surface area contributed by atoms with Crippen LogP contribution in [0.3, 0.4) is 0 Å². The van der Waals surface area contributed by atoms with Crippen molar-refractivity contribution in [3.8, 4) is 0 Å². The van der Waals surface area contributed by atoms with Crippen molar-refractivity contribution in [3.63, 3.8) is 0 Å². The van der Waals surface area contributed by atoms with Crippen LogP contribution in [0, 0.1) is 10.1 Å². The van der Waals surface area contributed by atoms with Gasteiger partial charge >= 0.3 is 0 Å². The first-order chi connectivity index (χ1) is 5.15. The molecule has 0 aliphatic rings. The molecule has 3 N–H and O–H groups in total. The maximum absolute atomic E-state index is 8.36. The molecule has 6 heteroatoms. The Balaban J connectivity index is 0. The van der Waals surface area contributed by atoms with Crippen LogP contribution in [0.4, 0.5) is 0 Å². The fourth-order valence-electron chi connectivity index (χ4n) is 0.400. The Bertz CT molecular complexity index is 78.9. The average molecular weight is 167 g/mol. The van der Waals surface area contributed by atoms with Crippen LogP contribution in [0.25, 0.3) is 0 Å². The minimum Gasteiger partial charge on any atom is -0.396 e. The smallest absolute Gasteiger partial charge is 0.291 e. The topological polar surface area (TPSA) is 104 Å². The summed E-state index contributed by atoms with van der Waals surface area (Å²) in [5, 5.41) is 30.1. The molecule has 11 heavy (non-hydrogen) atoms. The summed E-state index contributed by atoms with van der Waals surface area (Å²) in [6.07, 6.45) is 2.58. The lowest BCUT2D eigenvalue weighted by Gasteiger charge is -1.90. The van der Waals surface area contributed by atoms with E-state index in [0.29, 0.717) is 0 Å². The molecule has 0 rings (SSSR count). The van der Waals surface area contributed by atoms with E-state index < -0.39 is 5.09 Å². The zero-order chi connectivity index (χ0) is 9.11. The first kappa shape index (κ1) is 12.8. The SMILES string of the molecule is O=[N+]([O-])O.OCCCCCO. The fourth-order valence-corrected chi connectivity index (χ4v) is 0.400. The fraction of sp³-hybridized carbons (Fsp3) is 1.00. The molecular formula is C5H13NO5. The summed E-state index contributed by atoms with van der Waals surface area (Å²) in [5.41, 5.74) is 0. The molecule has 0 unspecified atom stereocenters. The van der Waals surface area contributed by atoms with Crippen molar-refractivity contribution in [2.45, 2.75) is 19.3 Å². The zero-order valence-corrected chi connectivity index (χ0v) is 6.14. The number of hydrogen-bond acceptors (Lipinski definition) is 4. The molecular weight excluding hydrogens is 154 g/mol. The zero-order valence-electron chi connectivity index (χ0n) is 6.14. The van der Waals surface area contributed by atoms with E-state index in [-0.39, 0.29) is 13.2 Å². The molecule has 0 aromatic rings. The summed E-state index contributed by atoms with van der Waals surface area (Å²) in [5.74, 6) is 0. The summed E-state index contributed by atoms with van der Waals surface area (Å²) in [6, 6.07) is 0. The highest BCUT2D eigenvalue weighted by molar-refractivity contribution is 4.35. The van der Waals surface area contributed by atoms with Gasteiger partial charge in [0.2, 0.25) is 0 Å². The van der Waals surface area contributed by atoms with Crippen LogP contribution in [0.15, 0.2) is 0 Å². The van der Waals surface area contributed by atoms with E-state index in [1.54, 1.807) is 0 Å². The predicted molar refractivity (Wildman–Crippen MR) is 36.8 cm³/mol. The van der Waals surface area contributed by atoms with Crippen molar-refractivity contribution in [3.05, 3.63) is 10.1 Å². The van der Waals surface area contributed by atoms with Gasteiger partial charge in [-0.2, -0.15) is 0 Å². The van der Waals surface area contributed by atoms with E-state index >= 15 is 0 Å². The summed E-state index contributed by atoms with van der Waals surface area (Å²) >= 11 is 0. The van der Waals surface area contributed by atoms with Gasteiger partial charge in [0.05, 0.1) is 0 Å². The van der Waals surface area contributed by atoms with Gasteiger partial charge in [0.15, 0.2) is 0 Å². The normalized spacial score (nSPS) is 8.18. The highest BCUT2D eigenvalue weighted by Gasteiger charge is 1.81. The molecule has 0 aromatic heterocycles. The van der Waals surface area contributed by atoms with Crippen LogP contribution in [0.5, 0.6) is 0 Å². The van der Waals surface area contributed by atoms with Crippen molar-refractivity contribution in [2.24, 2.45) is 0 Å². The molecule has 0 aliphatic carbocycles. The molecule has 0 radical (unpaired) electrons. The third kappa shape index (κ3) is 47.5. The molecule has 6 nitrogen and oxygen atoms in total. The van der Waals surface area contributed by atoms with E-state index in [2.05, 4.69) is 0 Å². The van der Waals surface area contributed by atoms with E-state index in [1.807, 2.05) is 0 Å². The molecule has 68 valence electrons. The molecule has 0 heterocycles. The van der Waals surface area contributed by atoms with Crippen LogP contribution >= 0.6 is 0 Å². The van der Waals surface area contributed by atoms with Crippen LogP contribution in [-0.4, -0.2) is 33.7 Å². The van der Waals surface area contributed by atoms with Crippen LogP contribution < -0.4 is 0 Å². The van der Waals surface area contributed by atoms with Gasteiger partial charge in [-0.1, -0.05) is 0 Å². The maximum atomic E-state index is 8.36. The molecule has 0 bridgehead atoms. The monoisotopic (exact) mass is 167 g/mol. The van der Waals surface area contributed by atoms with Gasteiger partial charge < -0.3 is 15.4 Å². The minimum atomic E-state index is -1.50. The molecule has 0 spiro atoms. The number of unbranched alkanes of at least 4 members (excludes halogenated alkanes) is 2. The van der Waals surface area contributed by atoms with E-state index in [4.69, 9.17) is 25.5 Å². The Labute approximate surface area is 64.2 Å². The van der Waals surface area contributed by atoms with Gasteiger partial charge in [-0.3, -0.25) is 0 Å². The Hall–Kier alpha value is -0.880. The standard InChI is InChI=1S/C5H12O2.HNO3/c6-4-2-1-3-5-7;2-1(3)4/h6-7H,1-5H2;(H,2,3,4). The predicted octanol–water partition coefficient (Wildman–Crippen LogP) is -0.206. The second kappa shape index (κ2) is 11.9. The van der Waals surface area contributed by atoms with Gasteiger partial charge in [0.1, 0.15) is 0 Å². The van der Waals surface area contributed by atoms with Crippen molar-refractivity contribution in [1.29, 1.82) is 0 Å². The van der Waals surface area contributed by atoms with Gasteiger partial charge in [-0.15, -0.1) is 10.1 Å². The number of aliphatic hydroxyl groups is 2. The third-order valence-corrected chi connectivity index (χ3v) is 0.816. The molecule has 0 aromatic carbocycles. The van der Waals surface area contributed by atoms with Gasteiger partial charge in [0.25, 0.3) is 5.09 Å². The van der Waals surface area contributed by atoms with E-state index in [0.717, 1.165) is 19.3 Å². The Morgan fingerprint density at radius 3 is 1.55 bits per heavy atom. The van der Waals surface area contributed by atoms with Gasteiger partial charge in [-0.05, 0) is 19.3 Å². The van der Waals surface area contributed by atoms with Crippen molar-refractivity contribution in [1.82, 2.24) is 0 Å². The molecule has 0 fully saturated rings. The first-order valence-corrected chi connectivity index (χ1v) is 3.20. The summed E-state index contributed by atoms with van der Waals surface area (Å²) in [6.45, 7) is 0.500. The van der Waals surface area contributed by atoms with E-state index in [9.17, 15) is 0 Å². The number of rotatable bonds is 4. The highest BCUT2D eigenvalue weighted by Crippen LogP contribution is 1.90. The third-order valence-electron chi connectivity index (χ3n) is 0.816. The van der Waals surface area contributed by atoms with Crippen LogP contribution in [0.1, 0.15) is 19.3 Å². The molecule has 0 amide bonds. The van der Waals surface area contributed by atoms with Crippen LogP contribution in [-0.2, 0) is 0 Å². The number of aliphatic hydroxyl groups excluding tert-OH is 2. The lowest BCUT2D eigenvalue weighted by molar-refractivity contribution is -0.742. The van der Waals surface area contributed by atoms with Gasteiger partial charge in [0, 0.05) is 13.2 Å². The lowest BCUT2D eigenvalue weighted by atomic mass is 10.2. The summed E-state index contributed by atoms with van der Waals surface area (Å²) < 4.78 is 0. The molecule has 0 atom stereocenters. The number of nitrogens with zero attached hydrogens (tertiary/aromatic N) is 1. The second-order valence-electron chi connectivity index (χ2n) is 1.75. The van der Waals surface area contributed by atoms with E-state index in [1.165, 1.54) is 0 Å². The lowest BCUT2D eigenvalue weighted by Crippen LogP contribution is -1.85. The molecule has 0 saturated heterocycles. The van der Waals surface area contributed by atoms with Crippen molar-refractivity contribution >= 4 is 0 Å². The van der Waals surface area contributed by atoms with Crippen molar-refractivity contribution < 1.29 is 20.5 Å². The van der Waals surface area contributed by atoms with Gasteiger partial charge in [-0.25, -0.2) is 0 Å². The second-order valence-corrected chi connectivity index (χ2v) is 1.75. The Kier molecular flexibility index (Phi) is 13.8. The molecule has 0 saturated carbocycles. The Morgan fingerprint density at radius 1 is 1.09 bits per heavy atom. The Morgan fingerprint density at radius 2 is 1.36 bits per heavy atom. The average Bonchev–Trinajstić information content (AvgIpc) is 1.88. The summed E-state index contributed by atoms with van der Waals surface area (Å²) in [4.78, 5) is 8.36. The quantitative estimate of drug-likeness (QED) is 0.305. The van der Waals surface area contributed by atoms with Crippen molar-refractivity contribution in [2.75, 3.05) is 13.2 Å². The highest BCUT2D eigenvalue weighted by atomic mass is 16.9. The minimum absolute atomic E-state index is 0.250. The first-order valence-electron chi connectivity index (χ1n) is 3.20. The maximum Gasteiger partial charge on any atom is 0.291 e.